The minimum atomic E-state index is -0.243. The zero-order chi connectivity index (χ0) is 18.8. The summed E-state index contributed by atoms with van der Waals surface area (Å²) in [7, 11) is 0. The van der Waals surface area contributed by atoms with Crippen LogP contribution in [0.25, 0.3) is 17.0 Å². The summed E-state index contributed by atoms with van der Waals surface area (Å²) in [5.74, 6) is 1.61. The van der Waals surface area contributed by atoms with Crippen molar-refractivity contribution in [1.29, 1.82) is 0 Å². The molecule has 1 amide bonds. The molecule has 0 spiro atoms. The molecule has 4 rings (SSSR count). The maximum absolute atomic E-state index is 12.6. The maximum atomic E-state index is 12.6. The van der Waals surface area contributed by atoms with Gasteiger partial charge in [-0.05, 0) is 18.8 Å². The summed E-state index contributed by atoms with van der Waals surface area (Å²) in [6, 6.07) is 11.0. The average molecular weight is 383 g/mol. The second-order valence-electron chi connectivity index (χ2n) is 6.86. The van der Waals surface area contributed by atoms with Crippen LogP contribution in [0.5, 0.6) is 0 Å². The van der Waals surface area contributed by atoms with Crippen LogP contribution >= 0.6 is 11.8 Å². The Hall–Kier alpha value is -2.61. The topological polar surface area (TPSA) is 83.4 Å². The number of thioether (sulfide) groups is 1. The number of likely N-dealkylation sites (tertiary alicyclic amines) is 1. The molecule has 0 bridgehead atoms. The number of amides is 1. The van der Waals surface area contributed by atoms with E-state index in [0.717, 1.165) is 31.5 Å². The Balaban J connectivity index is 1.58. The van der Waals surface area contributed by atoms with Crippen molar-refractivity contribution in [2.75, 3.05) is 18.8 Å². The quantitative estimate of drug-likeness (QED) is 0.700. The Labute approximate surface area is 160 Å². The Morgan fingerprint density at radius 3 is 2.70 bits per heavy atom. The lowest BCUT2D eigenvalue weighted by Gasteiger charge is -2.30. The summed E-state index contributed by atoms with van der Waals surface area (Å²) in [5, 5.41) is 3.26. The summed E-state index contributed by atoms with van der Waals surface area (Å²) in [5.41, 5.74) is 1.12. The van der Waals surface area contributed by atoms with Crippen molar-refractivity contribution in [3.63, 3.8) is 0 Å². The van der Waals surface area contributed by atoms with E-state index >= 15 is 0 Å². The van der Waals surface area contributed by atoms with Gasteiger partial charge in [0, 0.05) is 24.7 Å². The summed E-state index contributed by atoms with van der Waals surface area (Å²) < 4.78 is 1.55. The summed E-state index contributed by atoms with van der Waals surface area (Å²) in [6.45, 7) is 3.85. The van der Waals surface area contributed by atoms with E-state index in [4.69, 9.17) is 0 Å². The van der Waals surface area contributed by atoms with Crippen molar-refractivity contribution in [2.24, 2.45) is 5.92 Å². The van der Waals surface area contributed by atoms with Crippen LogP contribution in [0.1, 0.15) is 19.8 Å². The fourth-order valence-electron chi connectivity index (χ4n) is 3.17. The van der Waals surface area contributed by atoms with Gasteiger partial charge < -0.3 is 4.90 Å². The van der Waals surface area contributed by atoms with E-state index < -0.39 is 0 Å². The van der Waals surface area contributed by atoms with Crippen molar-refractivity contribution < 1.29 is 4.79 Å². The Bertz CT molecular complexity index is 1010. The van der Waals surface area contributed by atoms with E-state index in [-0.39, 0.29) is 17.2 Å². The molecule has 1 aliphatic rings. The molecule has 1 fully saturated rings. The van der Waals surface area contributed by atoms with Crippen molar-refractivity contribution in [3.8, 4) is 11.4 Å². The van der Waals surface area contributed by atoms with Crippen LogP contribution in [-0.2, 0) is 4.79 Å². The van der Waals surface area contributed by atoms with Gasteiger partial charge in [0.15, 0.2) is 16.6 Å². The number of H-pyrrole nitrogens is 1. The number of aromatic nitrogens is 4. The minimum Gasteiger partial charge on any atom is -0.342 e. The lowest BCUT2D eigenvalue weighted by atomic mass is 9.99. The molecule has 3 aromatic rings. The number of hydrogen-bond donors (Lipinski definition) is 1. The van der Waals surface area contributed by atoms with Gasteiger partial charge >= 0.3 is 0 Å². The molecule has 1 aliphatic heterocycles. The molecule has 140 valence electrons. The number of nitrogens with zero attached hydrogens (tertiary/aromatic N) is 4. The molecule has 0 radical (unpaired) electrons. The Kier molecular flexibility index (Phi) is 4.98. The highest BCUT2D eigenvalue weighted by Gasteiger charge is 2.21. The van der Waals surface area contributed by atoms with Crippen LogP contribution in [0.4, 0.5) is 0 Å². The molecule has 3 heterocycles. The van der Waals surface area contributed by atoms with Gasteiger partial charge in [-0.3, -0.25) is 14.7 Å². The molecule has 2 aromatic heterocycles. The second-order valence-corrected chi connectivity index (χ2v) is 7.80. The van der Waals surface area contributed by atoms with Gasteiger partial charge in [0.1, 0.15) is 0 Å². The third kappa shape index (κ3) is 3.90. The number of piperidine rings is 1. The first-order valence-electron chi connectivity index (χ1n) is 9.06. The highest BCUT2D eigenvalue weighted by Crippen LogP contribution is 2.23. The van der Waals surface area contributed by atoms with Gasteiger partial charge in [-0.1, -0.05) is 49.0 Å². The molecule has 0 unspecified atom stereocenters. The molecular formula is C19H21N5O2S. The molecule has 1 saturated heterocycles. The lowest BCUT2D eigenvalue weighted by Crippen LogP contribution is -2.38. The highest BCUT2D eigenvalue weighted by atomic mass is 32.2. The van der Waals surface area contributed by atoms with Crippen molar-refractivity contribution in [1.82, 2.24) is 24.5 Å². The van der Waals surface area contributed by atoms with Crippen molar-refractivity contribution in [2.45, 2.75) is 24.9 Å². The first kappa shape index (κ1) is 17.8. The zero-order valence-corrected chi connectivity index (χ0v) is 15.9. The predicted molar refractivity (Wildman–Crippen MR) is 105 cm³/mol. The predicted octanol–water partition coefficient (Wildman–Crippen LogP) is 2.44. The summed E-state index contributed by atoms with van der Waals surface area (Å²) in [6.07, 6.45) is 2.11. The monoisotopic (exact) mass is 383 g/mol. The number of rotatable bonds is 4. The highest BCUT2D eigenvalue weighted by molar-refractivity contribution is 7.99. The van der Waals surface area contributed by atoms with Crippen LogP contribution in [0.2, 0.25) is 0 Å². The third-order valence-electron chi connectivity index (χ3n) is 4.82. The SMILES string of the molecule is CC1CCN(C(=O)CSc2nc(-c3ccccc3)nc3cc(=O)[nH]n23)CC1. The molecule has 1 aromatic carbocycles. The van der Waals surface area contributed by atoms with Crippen LogP contribution in [-0.4, -0.2) is 49.2 Å². The molecule has 8 heteroatoms. The van der Waals surface area contributed by atoms with Crippen LogP contribution in [0.3, 0.4) is 0 Å². The van der Waals surface area contributed by atoms with Gasteiger partial charge in [-0.2, -0.15) is 0 Å². The fraction of sp³-hybridized carbons (Fsp3) is 0.368. The number of nitrogens with one attached hydrogen (secondary N) is 1. The number of fused-ring (bicyclic) bond motifs is 1. The van der Waals surface area contributed by atoms with E-state index in [2.05, 4.69) is 22.0 Å². The zero-order valence-electron chi connectivity index (χ0n) is 15.1. The summed E-state index contributed by atoms with van der Waals surface area (Å²) in [4.78, 5) is 35.3. The Morgan fingerprint density at radius 2 is 1.96 bits per heavy atom. The van der Waals surface area contributed by atoms with Gasteiger partial charge in [0.05, 0.1) is 5.75 Å². The van der Waals surface area contributed by atoms with Crippen LogP contribution < -0.4 is 5.56 Å². The third-order valence-corrected chi connectivity index (χ3v) is 5.74. The van der Waals surface area contributed by atoms with E-state index in [9.17, 15) is 9.59 Å². The molecule has 0 atom stereocenters. The molecule has 1 N–H and O–H groups in total. The number of carbonyl (C=O) groups is 1. The van der Waals surface area contributed by atoms with E-state index in [1.54, 1.807) is 4.52 Å². The lowest BCUT2D eigenvalue weighted by molar-refractivity contribution is -0.129. The molecular weight excluding hydrogens is 362 g/mol. The van der Waals surface area contributed by atoms with Crippen LogP contribution in [0, 0.1) is 5.92 Å². The van der Waals surface area contributed by atoms with Gasteiger partial charge in [0.2, 0.25) is 5.91 Å². The summed E-state index contributed by atoms with van der Waals surface area (Å²) >= 11 is 1.33. The van der Waals surface area contributed by atoms with Crippen molar-refractivity contribution in [3.05, 3.63) is 46.8 Å². The number of aromatic amines is 1. The Morgan fingerprint density at radius 1 is 1.22 bits per heavy atom. The van der Waals surface area contributed by atoms with Gasteiger partial charge in [-0.25, -0.2) is 14.5 Å². The number of carbonyl (C=O) groups excluding carboxylic acids is 1. The fourth-order valence-corrected chi connectivity index (χ4v) is 4.03. The first-order chi connectivity index (χ1) is 13.1. The van der Waals surface area contributed by atoms with E-state index in [1.165, 1.54) is 17.8 Å². The smallest absolute Gasteiger partial charge is 0.266 e. The minimum absolute atomic E-state index is 0.106. The van der Waals surface area contributed by atoms with Gasteiger partial charge in [0.25, 0.3) is 5.56 Å². The maximum Gasteiger partial charge on any atom is 0.266 e. The van der Waals surface area contributed by atoms with Gasteiger partial charge in [-0.15, -0.1) is 0 Å². The average Bonchev–Trinajstić information content (AvgIpc) is 3.07. The normalized spacial score (nSPS) is 15.4. The standard InChI is InChI=1S/C19H21N5O2S/c1-13-7-9-23(10-8-13)17(26)12-27-19-21-18(14-5-3-2-4-6-14)20-15-11-16(25)22-24(15)19/h2-6,11,13H,7-10,12H2,1H3,(H,22,25). The molecule has 27 heavy (non-hydrogen) atoms. The van der Waals surface area contributed by atoms with Crippen LogP contribution in [0.15, 0.2) is 46.3 Å². The largest absolute Gasteiger partial charge is 0.342 e. The molecule has 0 aliphatic carbocycles. The van der Waals surface area contributed by atoms with E-state index in [1.807, 2.05) is 35.2 Å². The number of hydrogen-bond acceptors (Lipinski definition) is 5. The molecule has 7 nitrogen and oxygen atoms in total. The molecule has 0 saturated carbocycles. The van der Waals surface area contributed by atoms with Crippen molar-refractivity contribution >= 4 is 23.3 Å². The number of benzene rings is 1. The second kappa shape index (κ2) is 7.56. The first-order valence-corrected chi connectivity index (χ1v) is 10.0. The van der Waals surface area contributed by atoms with E-state index in [0.29, 0.717) is 22.5 Å².